The van der Waals surface area contributed by atoms with E-state index in [-0.39, 0.29) is 12.4 Å². The third-order valence-electron chi connectivity index (χ3n) is 4.05. The van der Waals surface area contributed by atoms with E-state index in [1.54, 1.807) is 7.11 Å². The summed E-state index contributed by atoms with van der Waals surface area (Å²) in [6, 6.07) is 7.45. The predicted molar refractivity (Wildman–Crippen MR) is 88.1 cm³/mol. The Balaban J connectivity index is 0.00000192. The molecule has 23 heavy (non-hydrogen) atoms. The number of ether oxygens (including phenoxy) is 2. The Hall–Kier alpha value is -1.79. The predicted octanol–water partition coefficient (Wildman–Crippen LogP) is 2.85. The van der Waals surface area contributed by atoms with Crippen LogP contribution in [0.25, 0.3) is 0 Å². The van der Waals surface area contributed by atoms with Crippen molar-refractivity contribution in [1.29, 1.82) is 0 Å². The summed E-state index contributed by atoms with van der Waals surface area (Å²) in [6.07, 6.45) is 4.67. The summed E-state index contributed by atoms with van der Waals surface area (Å²) in [6.45, 7) is 0.478. The Labute approximate surface area is 141 Å². The summed E-state index contributed by atoms with van der Waals surface area (Å²) < 4.78 is 16.0. The van der Waals surface area contributed by atoms with Crippen molar-refractivity contribution in [2.75, 3.05) is 13.7 Å². The molecule has 0 atom stereocenters. The van der Waals surface area contributed by atoms with E-state index in [0.717, 1.165) is 37.2 Å². The van der Waals surface area contributed by atoms with Crippen LogP contribution in [0, 0.1) is 0 Å². The molecule has 1 aromatic heterocycles. The average Bonchev–Trinajstić information content (AvgIpc) is 3.18. The minimum Gasteiger partial charge on any atom is -0.497 e. The standard InChI is InChI=1S/C16H21N3O3.ClH/c1-20-12-4-6-13(7-5-12)21-11-8-14-18-15(19-22-14)16(17)9-2-3-10-16;/h4-7H,2-3,8-11,17H2,1H3;1H. The zero-order valence-electron chi connectivity index (χ0n) is 13.2. The molecule has 0 spiro atoms. The van der Waals surface area contributed by atoms with Gasteiger partial charge in [-0.1, -0.05) is 18.0 Å². The highest BCUT2D eigenvalue weighted by molar-refractivity contribution is 5.85. The molecule has 1 aromatic carbocycles. The van der Waals surface area contributed by atoms with Crippen LogP contribution in [0.3, 0.4) is 0 Å². The lowest BCUT2D eigenvalue weighted by atomic mass is 9.99. The van der Waals surface area contributed by atoms with Gasteiger partial charge in [0, 0.05) is 0 Å². The average molecular weight is 340 g/mol. The molecule has 0 bridgehead atoms. The number of methoxy groups -OCH3 is 1. The quantitative estimate of drug-likeness (QED) is 0.871. The fourth-order valence-electron chi connectivity index (χ4n) is 2.72. The van der Waals surface area contributed by atoms with E-state index in [1.807, 2.05) is 24.3 Å². The topological polar surface area (TPSA) is 83.4 Å². The molecule has 1 saturated carbocycles. The van der Waals surface area contributed by atoms with Crippen molar-refractivity contribution in [3.8, 4) is 11.5 Å². The monoisotopic (exact) mass is 339 g/mol. The summed E-state index contributed by atoms with van der Waals surface area (Å²) in [4.78, 5) is 4.42. The maximum absolute atomic E-state index is 6.31. The second-order valence-corrected chi connectivity index (χ2v) is 5.65. The molecule has 1 fully saturated rings. The zero-order valence-corrected chi connectivity index (χ0v) is 14.0. The molecule has 1 aliphatic rings. The first kappa shape index (κ1) is 17.6. The number of nitrogens with two attached hydrogens (primary N) is 1. The molecule has 0 aliphatic heterocycles. The number of hydrogen-bond acceptors (Lipinski definition) is 6. The van der Waals surface area contributed by atoms with Gasteiger partial charge < -0.3 is 19.7 Å². The van der Waals surface area contributed by atoms with E-state index >= 15 is 0 Å². The summed E-state index contributed by atoms with van der Waals surface area (Å²) in [5, 5.41) is 4.04. The van der Waals surface area contributed by atoms with Crippen LogP contribution < -0.4 is 15.2 Å². The smallest absolute Gasteiger partial charge is 0.230 e. The fourth-order valence-corrected chi connectivity index (χ4v) is 2.72. The van der Waals surface area contributed by atoms with E-state index < -0.39 is 5.54 Å². The Morgan fingerprint density at radius 2 is 1.83 bits per heavy atom. The van der Waals surface area contributed by atoms with Gasteiger partial charge in [0.1, 0.15) is 11.5 Å². The first-order valence-electron chi connectivity index (χ1n) is 7.58. The lowest BCUT2D eigenvalue weighted by molar-refractivity contribution is 0.289. The van der Waals surface area contributed by atoms with Gasteiger partial charge in [-0.25, -0.2) is 0 Å². The Kier molecular flexibility index (Phi) is 5.85. The zero-order chi connectivity index (χ0) is 15.4. The van der Waals surface area contributed by atoms with E-state index in [0.29, 0.717) is 24.7 Å². The van der Waals surface area contributed by atoms with Gasteiger partial charge in [0.25, 0.3) is 0 Å². The van der Waals surface area contributed by atoms with Crippen LogP contribution in [-0.2, 0) is 12.0 Å². The fraction of sp³-hybridized carbons (Fsp3) is 0.500. The number of halogens is 1. The van der Waals surface area contributed by atoms with Crippen LogP contribution >= 0.6 is 12.4 Å². The van der Waals surface area contributed by atoms with Gasteiger partial charge in [0.2, 0.25) is 5.89 Å². The highest BCUT2D eigenvalue weighted by Crippen LogP contribution is 2.34. The molecular formula is C16H22ClN3O3. The van der Waals surface area contributed by atoms with Gasteiger partial charge in [0.15, 0.2) is 5.82 Å². The third-order valence-corrected chi connectivity index (χ3v) is 4.05. The van der Waals surface area contributed by atoms with Crippen LogP contribution in [0.15, 0.2) is 28.8 Å². The normalized spacial score (nSPS) is 15.9. The van der Waals surface area contributed by atoms with Crippen LogP contribution in [-0.4, -0.2) is 23.9 Å². The molecule has 3 rings (SSSR count). The van der Waals surface area contributed by atoms with Gasteiger partial charge >= 0.3 is 0 Å². The van der Waals surface area contributed by atoms with Gasteiger partial charge in [-0.15, -0.1) is 12.4 Å². The van der Waals surface area contributed by atoms with Crippen molar-refractivity contribution in [2.24, 2.45) is 5.73 Å². The highest BCUT2D eigenvalue weighted by atomic mass is 35.5. The second kappa shape index (κ2) is 7.66. The molecule has 0 unspecified atom stereocenters. The Morgan fingerprint density at radius 3 is 2.48 bits per heavy atom. The summed E-state index contributed by atoms with van der Waals surface area (Å²) >= 11 is 0. The summed E-state index contributed by atoms with van der Waals surface area (Å²) in [7, 11) is 1.64. The SMILES string of the molecule is COc1ccc(OCCc2nc(C3(N)CCCC3)no2)cc1.Cl. The molecule has 2 N–H and O–H groups in total. The van der Waals surface area contributed by atoms with Crippen molar-refractivity contribution in [2.45, 2.75) is 37.6 Å². The van der Waals surface area contributed by atoms with E-state index in [2.05, 4.69) is 10.1 Å². The first-order valence-corrected chi connectivity index (χ1v) is 7.58. The van der Waals surface area contributed by atoms with Gasteiger partial charge in [-0.2, -0.15) is 4.98 Å². The van der Waals surface area contributed by atoms with Crippen molar-refractivity contribution in [3.05, 3.63) is 36.0 Å². The van der Waals surface area contributed by atoms with E-state index in [1.165, 1.54) is 0 Å². The van der Waals surface area contributed by atoms with Crippen LogP contribution in [0.1, 0.15) is 37.4 Å². The summed E-state index contributed by atoms with van der Waals surface area (Å²) in [5.74, 6) is 2.79. The van der Waals surface area contributed by atoms with Crippen LogP contribution in [0.4, 0.5) is 0 Å². The first-order chi connectivity index (χ1) is 10.7. The summed E-state index contributed by atoms with van der Waals surface area (Å²) in [5.41, 5.74) is 5.91. The number of benzene rings is 1. The third kappa shape index (κ3) is 4.14. The molecule has 0 amide bonds. The van der Waals surface area contributed by atoms with Crippen LogP contribution in [0.2, 0.25) is 0 Å². The lowest BCUT2D eigenvalue weighted by Gasteiger charge is -2.17. The molecule has 0 radical (unpaired) electrons. The number of hydrogen-bond donors (Lipinski definition) is 1. The molecule has 126 valence electrons. The van der Waals surface area contributed by atoms with Crippen molar-refractivity contribution in [1.82, 2.24) is 10.1 Å². The van der Waals surface area contributed by atoms with Crippen molar-refractivity contribution < 1.29 is 14.0 Å². The minimum absolute atomic E-state index is 0. The highest BCUT2D eigenvalue weighted by Gasteiger charge is 2.35. The largest absolute Gasteiger partial charge is 0.497 e. The van der Waals surface area contributed by atoms with Crippen molar-refractivity contribution in [3.63, 3.8) is 0 Å². The molecule has 1 aliphatic carbocycles. The maximum Gasteiger partial charge on any atom is 0.230 e. The van der Waals surface area contributed by atoms with Gasteiger partial charge in [0.05, 0.1) is 25.7 Å². The molecule has 0 saturated heterocycles. The van der Waals surface area contributed by atoms with Crippen LogP contribution in [0.5, 0.6) is 11.5 Å². The van der Waals surface area contributed by atoms with E-state index in [4.69, 9.17) is 19.7 Å². The molecule has 2 aromatic rings. The van der Waals surface area contributed by atoms with Crippen molar-refractivity contribution >= 4 is 12.4 Å². The Morgan fingerprint density at radius 1 is 1.17 bits per heavy atom. The second-order valence-electron chi connectivity index (χ2n) is 5.65. The number of aromatic nitrogens is 2. The lowest BCUT2D eigenvalue weighted by Crippen LogP contribution is -2.34. The van der Waals surface area contributed by atoms with E-state index in [9.17, 15) is 0 Å². The Bertz CT molecular complexity index is 609. The number of rotatable bonds is 6. The van der Waals surface area contributed by atoms with Gasteiger partial charge in [-0.05, 0) is 37.1 Å². The molecular weight excluding hydrogens is 318 g/mol. The minimum atomic E-state index is -0.404. The number of nitrogens with zero attached hydrogens (tertiary/aromatic N) is 2. The van der Waals surface area contributed by atoms with Gasteiger partial charge in [-0.3, -0.25) is 0 Å². The molecule has 7 heteroatoms. The molecule has 6 nitrogen and oxygen atoms in total. The maximum atomic E-state index is 6.31. The molecule has 1 heterocycles.